The second-order valence-electron chi connectivity index (χ2n) is 8.08. The Morgan fingerprint density at radius 1 is 0.576 bits per heavy atom. The maximum absolute atomic E-state index is 5.15. The Morgan fingerprint density at radius 3 is 2.36 bits per heavy atom. The van der Waals surface area contributed by atoms with Gasteiger partial charge in [0.25, 0.3) is 0 Å². The first-order chi connectivity index (χ1) is 16.4. The Morgan fingerprint density at radius 2 is 1.42 bits per heavy atom. The normalized spacial score (nSPS) is 11.6. The Kier molecular flexibility index (Phi) is 4.01. The van der Waals surface area contributed by atoms with Crippen molar-refractivity contribution in [1.29, 1.82) is 0 Å². The van der Waals surface area contributed by atoms with Crippen LogP contribution < -0.4 is 0 Å². The van der Waals surface area contributed by atoms with E-state index < -0.39 is 0 Å². The summed E-state index contributed by atoms with van der Waals surface area (Å²) in [6, 6.07) is 33.6. The lowest BCUT2D eigenvalue weighted by atomic mass is 10.0. The van der Waals surface area contributed by atoms with Gasteiger partial charge in [0.15, 0.2) is 5.82 Å². The molecule has 154 valence electrons. The smallest absolute Gasteiger partial charge is 0.161 e. The molecule has 0 aliphatic heterocycles. The molecule has 0 atom stereocenters. The van der Waals surface area contributed by atoms with Gasteiger partial charge >= 0.3 is 0 Å². The van der Waals surface area contributed by atoms with E-state index >= 15 is 0 Å². The summed E-state index contributed by atoms with van der Waals surface area (Å²) in [6.45, 7) is 0. The SMILES string of the molecule is c1ccc(-c2nc(-c3cccc4c3ccc3cccnc34)nc3c2sc2ccccc23)cc1. The molecule has 0 fully saturated rings. The minimum Gasteiger partial charge on any atom is -0.256 e. The van der Waals surface area contributed by atoms with Crippen molar-refractivity contribution in [2.75, 3.05) is 0 Å². The van der Waals surface area contributed by atoms with E-state index in [-0.39, 0.29) is 0 Å². The Bertz CT molecular complexity index is 1820. The molecule has 0 saturated carbocycles. The van der Waals surface area contributed by atoms with E-state index in [1.54, 1.807) is 11.3 Å². The fourth-order valence-corrected chi connectivity index (χ4v) is 5.75. The van der Waals surface area contributed by atoms with Gasteiger partial charge < -0.3 is 0 Å². The van der Waals surface area contributed by atoms with Gasteiger partial charge in [0.1, 0.15) is 0 Å². The molecule has 0 amide bonds. The lowest BCUT2D eigenvalue weighted by Gasteiger charge is -2.10. The van der Waals surface area contributed by atoms with Crippen LogP contribution >= 0.6 is 11.3 Å². The molecule has 33 heavy (non-hydrogen) atoms. The molecule has 0 bridgehead atoms. The predicted molar refractivity (Wildman–Crippen MR) is 139 cm³/mol. The van der Waals surface area contributed by atoms with Gasteiger partial charge in [-0.25, -0.2) is 9.97 Å². The summed E-state index contributed by atoms with van der Waals surface area (Å²) in [5.74, 6) is 0.741. The molecule has 3 heterocycles. The van der Waals surface area contributed by atoms with Gasteiger partial charge in [0, 0.05) is 38.2 Å². The highest BCUT2D eigenvalue weighted by Crippen LogP contribution is 2.40. The Labute approximate surface area is 194 Å². The van der Waals surface area contributed by atoms with Crippen LogP contribution in [0.3, 0.4) is 0 Å². The van der Waals surface area contributed by atoms with Gasteiger partial charge in [-0.1, -0.05) is 84.9 Å². The number of hydrogen-bond donors (Lipinski definition) is 0. The topological polar surface area (TPSA) is 38.7 Å². The fourth-order valence-electron chi connectivity index (χ4n) is 4.60. The molecule has 0 unspecified atom stereocenters. The summed E-state index contributed by atoms with van der Waals surface area (Å²) < 4.78 is 2.35. The molecule has 7 rings (SSSR count). The number of hydrogen-bond acceptors (Lipinski definition) is 4. The van der Waals surface area contributed by atoms with Crippen LogP contribution in [0.4, 0.5) is 0 Å². The van der Waals surface area contributed by atoms with Crippen LogP contribution in [0.1, 0.15) is 0 Å². The third-order valence-electron chi connectivity index (χ3n) is 6.14. The third-order valence-corrected chi connectivity index (χ3v) is 7.30. The van der Waals surface area contributed by atoms with Gasteiger partial charge in [-0.2, -0.15) is 0 Å². The molecule has 3 aromatic heterocycles. The van der Waals surface area contributed by atoms with E-state index in [1.807, 2.05) is 18.3 Å². The largest absolute Gasteiger partial charge is 0.256 e. The van der Waals surface area contributed by atoms with Crippen molar-refractivity contribution in [1.82, 2.24) is 15.0 Å². The highest BCUT2D eigenvalue weighted by molar-refractivity contribution is 7.26. The molecule has 0 saturated heterocycles. The molecule has 7 aromatic rings. The minimum absolute atomic E-state index is 0.741. The van der Waals surface area contributed by atoms with E-state index in [2.05, 4.69) is 89.9 Å². The molecule has 0 spiro atoms. The number of pyridine rings is 1. The maximum atomic E-state index is 5.15. The number of aromatic nitrogens is 3. The fraction of sp³-hybridized carbons (Fsp3) is 0. The molecule has 4 heteroatoms. The maximum Gasteiger partial charge on any atom is 0.161 e. The molecule has 0 N–H and O–H groups in total. The minimum atomic E-state index is 0.741. The average molecular weight is 440 g/mol. The van der Waals surface area contributed by atoms with Crippen LogP contribution in [0.15, 0.2) is 103 Å². The zero-order chi connectivity index (χ0) is 21.8. The van der Waals surface area contributed by atoms with Gasteiger partial charge in [-0.3, -0.25) is 4.98 Å². The van der Waals surface area contributed by atoms with E-state index in [0.29, 0.717) is 0 Å². The van der Waals surface area contributed by atoms with Crippen molar-refractivity contribution in [3.63, 3.8) is 0 Å². The van der Waals surface area contributed by atoms with Crippen LogP contribution in [0, 0.1) is 0 Å². The standard InChI is InChI=1S/C29H17N3S/c1-2-8-18(9-3-1)26-28-27(23-11-4-5-14-24(23)33-28)32-29(31-26)22-13-6-12-21-20(22)16-15-19-10-7-17-30-25(19)21/h1-17H. The van der Waals surface area contributed by atoms with Crippen LogP contribution in [0.25, 0.3) is 64.6 Å². The predicted octanol–water partition coefficient (Wildman–Crippen LogP) is 7.88. The van der Waals surface area contributed by atoms with Crippen molar-refractivity contribution < 1.29 is 0 Å². The van der Waals surface area contributed by atoms with Gasteiger partial charge in [-0.15, -0.1) is 11.3 Å². The van der Waals surface area contributed by atoms with Crippen LogP contribution in [0.2, 0.25) is 0 Å². The lowest BCUT2D eigenvalue weighted by molar-refractivity contribution is 1.24. The molecular formula is C29H17N3S. The monoisotopic (exact) mass is 439 g/mol. The first kappa shape index (κ1) is 18.4. The van der Waals surface area contributed by atoms with Gasteiger partial charge in [0.2, 0.25) is 0 Å². The van der Waals surface area contributed by atoms with E-state index in [4.69, 9.17) is 9.97 Å². The van der Waals surface area contributed by atoms with Crippen molar-refractivity contribution in [2.24, 2.45) is 0 Å². The average Bonchev–Trinajstić information content (AvgIpc) is 3.27. The van der Waals surface area contributed by atoms with Crippen molar-refractivity contribution >= 4 is 53.3 Å². The van der Waals surface area contributed by atoms with Gasteiger partial charge in [-0.05, 0) is 17.5 Å². The van der Waals surface area contributed by atoms with Crippen LogP contribution in [-0.2, 0) is 0 Å². The molecule has 0 radical (unpaired) electrons. The van der Waals surface area contributed by atoms with E-state index in [0.717, 1.165) is 54.5 Å². The second-order valence-corrected chi connectivity index (χ2v) is 9.13. The first-order valence-electron chi connectivity index (χ1n) is 10.9. The van der Waals surface area contributed by atoms with E-state index in [9.17, 15) is 0 Å². The van der Waals surface area contributed by atoms with Crippen molar-refractivity contribution in [2.45, 2.75) is 0 Å². The Hall–Kier alpha value is -4.15. The molecule has 4 aromatic carbocycles. The van der Waals surface area contributed by atoms with Gasteiger partial charge in [0.05, 0.1) is 21.4 Å². The molecule has 0 aliphatic carbocycles. The molecule has 3 nitrogen and oxygen atoms in total. The number of fused-ring (bicyclic) bond motifs is 6. The van der Waals surface area contributed by atoms with Crippen LogP contribution in [-0.4, -0.2) is 15.0 Å². The summed E-state index contributed by atoms with van der Waals surface area (Å²) in [7, 11) is 0. The third kappa shape index (κ3) is 2.85. The van der Waals surface area contributed by atoms with Crippen LogP contribution in [0.5, 0.6) is 0 Å². The summed E-state index contributed by atoms with van der Waals surface area (Å²) in [5.41, 5.74) is 5.12. The quantitative estimate of drug-likeness (QED) is 0.257. The highest BCUT2D eigenvalue weighted by Gasteiger charge is 2.17. The molecule has 0 aliphatic rings. The van der Waals surface area contributed by atoms with Crippen molar-refractivity contribution in [3.05, 3.63) is 103 Å². The number of thiophene rings is 1. The summed E-state index contributed by atoms with van der Waals surface area (Å²) in [6.07, 6.45) is 1.85. The number of nitrogens with zero attached hydrogens (tertiary/aromatic N) is 3. The number of rotatable bonds is 2. The lowest BCUT2D eigenvalue weighted by Crippen LogP contribution is -1.94. The van der Waals surface area contributed by atoms with E-state index in [1.165, 1.54) is 10.1 Å². The second kappa shape index (κ2) is 7.19. The molecular weight excluding hydrogens is 422 g/mol. The summed E-state index contributed by atoms with van der Waals surface area (Å²) in [4.78, 5) is 14.9. The van der Waals surface area contributed by atoms with Crippen molar-refractivity contribution in [3.8, 4) is 22.6 Å². The summed E-state index contributed by atoms with van der Waals surface area (Å²) >= 11 is 1.76. The summed E-state index contributed by atoms with van der Waals surface area (Å²) in [5, 5.41) is 4.53. The zero-order valence-corrected chi connectivity index (χ0v) is 18.4. The first-order valence-corrected chi connectivity index (χ1v) is 11.7. The number of benzene rings is 4. The highest BCUT2D eigenvalue weighted by atomic mass is 32.1. The zero-order valence-electron chi connectivity index (χ0n) is 17.6. The Balaban J connectivity index is 1.59.